The van der Waals surface area contributed by atoms with E-state index in [1.807, 2.05) is 13.8 Å². The Morgan fingerprint density at radius 3 is 2.62 bits per heavy atom. The van der Waals surface area contributed by atoms with Crippen LogP contribution < -0.4 is 5.32 Å². The van der Waals surface area contributed by atoms with E-state index in [1.54, 1.807) is 4.31 Å². The molecular weight excluding hydrogens is 288 g/mol. The number of nitrogens with one attached hydrogen (secondary N) is 1. The Hall–Kier alpha value is -1.21. The minimum absolute atomic E-state index is 0.0154. The second-order valence-corrected chi connectivity index (χ2v) is 7.54. The lowest BCUT2D eigenvalue weighted by molar-refractivity contribution is 0.202. The summed E-state index contributed by atoms with van der Waals surface area (Å²) in [6.45, 7) is 7.46. The highest BCUT2D eigenvalue weighted by molar-refractivity contribution is 7.89. The molecule has 0 amide bonds. The van der Waals surface area contributed by atoms with Crippen LogP contribution >= 0.6 is 0 Å². The average Bonchev–Trinajstić information content (AvgIpc) is 2.48. The van der Waals surface area contributed by atoms with E-state index in [1.165, 1.54) is 12.4 Å². The standard InChI is InChI=1S/C14H24N4O2S/c1-4-7-15-14-16-9-13(10-17-14)21(19,20)18-8-5-6-11(2)12(18)3/h9-12H,4-8H2,1-3H3,(H,15,16,17). The van der Waals surface area contributed by atoms with Gasteiger partial charge in [0.05, 0.1) is 12.4 Å². The SMILES string of the molecule is CCCNc1ncc(S(=O)(=O)N2CCCC(C)C2C)cn1. The molecule has 2 heterocycles. The number of hydrogen-bond donors (Lipinski definition) is 1. The number of sulfonamides is 1. The van der Waals surface area contributed by atoms with Gasteiger partial charge in [-0.3, -0.25) is 0 Å². The molecule has 1 aromatic rings. The zero-order valence-corrected chi connectivity index (χ0v) is 13.7. The first-order valence-corrected chi connectivity index (χ1v) is 8.98. The third kappa shape index (κ3) is 3.52. The van der Waals surface area contributed by atoms with Gasteiger partial charge in [-0.25, -0.2) is 18.4 Å². The molecule has 2 rings (SSSR count). The molecule has 0 aliphatic carbocycles. The quantitative estimate of drug-likeness (QED) is 0.901. The van der Waals surface area contributed by atoms with E-state index >= 15 is 0 Å². The molecule has 6 nitrogen and oxygen atoms in total. The molecule has 0 spiro atoms. The van der Waals surface area contributed by atoms with E-state index in [4.69, 9.17) is 0 Å². The van der Waals surface area contributed by atoms with Gasteiger partial charge in [-0.1, -0.05) is 13.8 Å². The Bertz CT molecular complexity index is 559. The minimum Gasteiger partial charge on any atom is -0.354 e. The van der Waals surface area contributed by atoms with Crippen LogP contribution in [0.4, 0.5) is 5.95 Å². The lowest BCUT2D eigenvalue weighted by atomic mass is 9.94. The second-order valence-electron chi connectivity index (χ2n) is 5.65. The molecule has 21 heavy (non-hydrogen) atoms. The number of nitrogens with zero attached hydrogens (tertiary/aromatic N) is 3. The molecule has 1 fully saturated rings. The first-order valence-electron chi connectivity index (χ1n) is 7.54. The van der Waals surface area contributed by atoms with Crippen LogP contribution in [0.1, 0.15) is 40.0 Å². The van der Waals surface area contributed by atoms with Crippen molar-refractivity contribution in [1.82, 2.24) is 14.3 Å². The van der Waals surface area contributed by atoms with Gasteiger partial charge in [0.25, 0.3) is 0 Å². The van der Waals surface area contributed by atoms with E-state index < -0.39 is 10.0 Å². The van der Waals surface area contributed by atoms with Gasteiger partial charge in [0.2, 0.25) is 16.0 Å². The Balaban J connectivity index is 2.19. The van der Waals surface area contributed by atoms with Gasteiger partial charge in [0.15, 0.2) is 0 Å². The summed E-state index contributed by atoms with van der Waals surface area (Å²) >= 11 is 0. The summed E-state index contributed by atoms with van der Waals surface area (Å²) in [6.07, 6.45) is 5.73. The van der Waals surface area contributed by atoms with Gasteiger partial charge < -0.3 is 5.32 Å². The van der Waals surface area contributed by atoms with Crippen LogP contribution in [-0.4, -0.2) is 41.8 Å². The highest BCUT2D eigenvalue weighted by atomic mass is 32.2. The average molecular weight is 312 g/mol. The number of rotatable bonds is 5. The van der Waals surface area contributed by atoms with Crippen molar-refractivity contribution < 1.29 is 8.42 Å². The summed E-state index contributed by atoms with van der Waals surface area (Å²) in [5.74, 6) is 0.843. The van der Waals surface area contributed by atoms with Gasteiger partial charge >= 0.3 is 0 Å². The van der Waals surface area contributed by atoms with Crippen LogP contribution in [-0.2, 0) is 10.0 Å². The van der Waals surface area contributed by atoms with Crippen LogP contribution in [0.25, 0.3) is 0 Å². The number of anilines is 1. The zero-order valence-electron chi connectivity index (χ0n) is 12.9. The predicted molar refractivity (Wildman–Crippen MR) is 82.6 cm³/mol. The van der Waals surface area contributed by atoms with Gasteiger partial charge in [-0.2, -0.15) is 4.31 Å². The highest BCUT2D eigenvalue weighted by Crippen LogP contribution is 2.28. The molecule has 0 bridgehead atoms. The summed E-state index contributed by atoms with van der Waals surface area (Å²) in [6, 6.07) is 0.0154. The summed E-state index contributed by atoms with van der Waals surface area (Å²) in [5, 5.41) is 3.04. The Kier molecular flexibility index (Phi) is 5.16. The number of aromatic nitrogens is 2. The Morgan fingerprint density at radius 1 is 1.33 bits per heavy atom. The molecule has 1 aliphatic rings. The van der Waals surface area contributed by atoms with Crippen molar-refractivity contribution in [2.45, 2.75) is 51.0 Å². The van der Waals surface area contributed by atoms with Crippen molar-refractivity contribution in [2.75, 3.05) is 18.4 Å². The predicted octanol–water partition coefficient (Wildman–Crippen LogP) is 2.11. The van der Waals surface area contributed by atoms with Crippen LogP contribution in [0.2, 0.25) is 0 Å². The molecule has 7 heteroatoms. The van der Waals surface area contributed by atoms with E-state index in [2.05, 4.69) is 22.2 Å². The maximum absolute atomic E-state index is 12.7. The summed E-state index contributed by atoms with van der Waals surface area (Å²) in [5.41, 5.74) is 0. The third-order valence-electron chi connectivity index (χ3n) is 4.08. The van der Waals surface area contributed by atoms with Crippen molar-refractivity contribution in [3.8, 4) is 0 Å². The Morgan fingerprint density at radius 2 is 2.00 bits per heavy atom. The van der Waals surface area contributed by atoms with Gasteiger partial charge in [0.1, 0.15) is 4.90 Å². The first-order chi connectivity index (χ1) is 9.96. The van der Waals surface area contributed by atoms with Gasteiger partial charge in [-0.15, -0.1) is 0 Å². The molecule has 0 radical (unpaired) electrons. The molecule has 1 aliphatic heterocycles. The maximum Gasteiger partial charge on any atom is 0.246 e. The Labute approximate surface area is 127 Å². The molecule has 1 N–H and O–H groups in total. The summed E-state index contributed by atoms with van der Waals surface area (Å²) in [4.78, 5) is 8.36. The first kappa shape index (κ1) is 16.2. The molecule has 2 atom stereocenters. The fraction of sp³-hybridized carbons (Fsp3) is 0.714. The normalized spacial score (nSPS) is 24.0. The van der Waals surface area contributed by atoms with Gasteiger partial charge in [-0.05, 0) is 32.1 Å². The number of hydrogen-bond acceptors (Lipinski definition) is 5. The fourth-order valence-corrected chi connectivity index (χ4v) is 4.21. The molecule has 1 saturated heterocycles. The highest BCUT2D eigenvalue weighted by Gasteiger charge is 2.34. The van der Waals surface area contributed by atoms with Crippen LogP contribution in [0.3, 0.4) is 0 Å². The number of piperidine rings is 1. The molecular formula is C14H24N4O2S. The molecule has 0 saturated carbocycles. The van der Waals surface area contributed by atoms with Crippen molar-refractivity contribution >= 4 is 16.0 Å². The lowest BCUT2D eigenvalue weighted by Crippen LogP contribution is -2.45. The molecule has 118 valence electrons. The third-order valence-corrected chi connectivity index (χ3v) is 6.02. The van der Waals surface area contributed by atoms with Crippen molar-refractivity contribution in [1.29, 1.82) is 0 Å². The van der Waals surface area contributed by atoms with Crippen LogP contribution in [0.15, 0.2) is 17.3 Å². The van der Waals surface area contributed by atoms with Gasteiger partial charge in [0, 0.05) is 19.1 Å². The molecule has 0 aromatic carbocycles. The molecule has 1 aromatic heterocycles. The van der Waals surface area contributed by atoms with Crippen LogP contribution in [0.5, 0.6) is 0 Å². The topological polar surface area (TPSA) is 75.2 Å². The van der Waals surface area contributed by atoms with Crippen molar-refractivity contribution in [3.05, 3.63) is 12.4 Å². The second kappa shape index (κ2) is 6.70. The summed E-state index contributed by atoms with van der Waals surface area (Å²) in [7, 11) is -3.50. The van der Waals surface area contributed by atoms with E-state index in [-0.39, 0.29) is 10.9 Å². The monoisotopic (exact) mass is 312 g/mol. The van der Waals surface area contributed by atoms with Crippen LogP contribution in [0, 0.1) is 5.92 Å². The molecule has 2 unspecified atom stereocenters. The van der Waals surface area contributed by atoms with Crippen molar-refractivity contribution in [3.63, 3.8) is 0 Å². The smallest absolute Gasteiger partial charge is 0.246 e. The summed E-state index contributed by atoms with van der Waals surface area (Å²) < 4.78 is 27.0. The lowest BCUT2D eigenvalue weighted by Gasteiger charge is -2.36. The zero-order chi connectivity index (χ0) is 15.5. The maximum atomic E-state index is 12.7. The van der Waals surface area contributed by atoms with E-state index in [0.717, 1.165) is 25.8 Å². The minimum atomic E-state index is -3.50. The van der Waals surface area contributed by atoms with Crippen molar-refractivity contribution in [2.24, 2.45) is 5.92 Å². The van der Waals surface area contributed by atoms with E-state index in [9.17, 15) is 8.42 Å². The fourth-order valence-electron chi connectivity index (χ4n) is 2.55. The van der Waals surface area contributed by atoms with E-state index in [0.29, 0.717) is 18.4 Å². The largest absolute Gasteiger partial charge is 0.354 e.